The highest BCUT2D eigenvalue weighted by molar-refractivity contribution is 7.80. The minimum atomic E-state index is -0.0324. The van der Waals surface area contributed by atoms with Crippen LogP contribution in [0.2, 0.25) is 0 Å². The highest BCUT2D eigenvalue weighted by atomic mass is 32.1. The highest BCUT2D eigenvalue weighted by Crippen LogP contribution is 2.41. The Bertz CT molecular complexity index is 968. The number of aryl methyl sites for hydroxylation is 1. The summed E-state index contributed by atoms with van der Waals surface area (Å²) >= 11 is 5.74. The van der Waals surface area contributed by atoms with Gasteiger partial charge < -0.3 is 23.9 Å². The molecule has 0 amide bonds. The van der Waals surface area contributed by atoms with Gasteiger partial charge in [-0.15, -0.1) is 0 Å². The summed E-state index contributed by atoms with van der Waals surface area (Å²) in [6.07, 6.45) is 3.53. The van der Waals surface area contributed by atoms with Gasteiger partial charge in [-0.25, -0.2) is 0 Å². The smallest absolute Gasteiger partial charge is 0.170 e. The predicted octanol–water partition coefficient (Wildman–Crippen LogP) is 3.91. The van der Waals surface area contributed by atoms with E-state index in [4.69, 9.17) is 21.4 Å². The van der Waals surface area contributed by atoms with Crippen LogP contribution in [0, 0.1) is 13.8 Å². The Kier molecular flexibility index (Phi) is 5.69. The van der Waals surface area contributed by atoms with Crippen LogP contribution in [0.1, 0.15) is 40.5 Å². The molecule has 0 spiro atoms. The number of nitrogens with one attached hydrogen (secondary N) is 1. The molecule has 152 valence electrons. The molecule has 3 aromatic rings. The lowest BCUT2D eigenvalue weighted by atomic mass is 9.96. The first kappa shape index (κ1) is 19.7. The van der Waals surface area contributed by atoms with E-state index in [-0.39, 0.29) is 12.1 Å². The average Bonchev–Trinajstić information content (AvgIpc) is 3.42. The molecule has 2 atom stereocenters. The lowest BCUT2D eigenvalue weighted by molar-refractivity contribution is 0.186. The van der Waals surface area contributed by atoms with Gasteiger partial charge in [0.25, 0.3) is 0 Å². The maximum atomic E-state index is 5.74. The molecule has 0 saturated carbocycles. The largest absolute Gasteiger partial charge is 0.467 e. The predicted molar refractivity (Wildman–Crippen MR) is 115 cm³/mol. The van der Waals surface area contributed by atoms with Crippen molar-refractivity contribution in [1.82, 2.24) is 19.8 Å². The van der Waals surface area contributed by atoms with Crippen molar-refractivity contribution in [2.24, 2.45) is 0 Å². The van der Waals surface area contributed by atoms with Gasteiger partial charge in [0.1, 0.15) is 5.76 Å². The minimum Gasteiger partial charge on any atom is -0.467 e. The van der Waals surface area contributed by atoms with E-state index < -0.39 is 0 Å². The molecule has 1 fully saturated rings. The van der Waals surface area contributed by atoms with Crippen LogP contribution >= 0.6 is 12.2 Å². The van der Waals surface area contributed by atoms with Crippen LogP contribution in [-0.2, 0) is 17.8 Å². The van der Waals surface area contributed by atoms with Gasteiger partial charge in [0.15, 0.2) is 5.11 Å². The lowest BCUT2D eigenvalue weighted by Crippen LogP contribution is -2.29. The quantitative estimate of drug-likeness (QED) is 0.596. The van der Waals surface area contributed by atoms with Crippen LogP contribution in [0.4, 0.5) is 0 Å². The average molecular weight is 411 g/mol. The first-order chi connectivity index (χ1) is 14.1. The van der Waals surface area contributed by atoms with Crippen molar-refractivity contribution in [3.8, 4) is 0 Å². The second-order valence-electron chi connectivity index (χ2n) is 7.30. The molecular formula is C22H26N4O2S. The van der Waals surface area contributed by atoms with E-state index in [0.717, 1.165) is 18.0 Å². The number of ether oxygens (including phenoxy) is 1. The van der Waals surface area contributed by atoms with Crippen LogP contribution < -0.4 is 5.32 Å². The molecule has 3 aromatic heterocycles. The summed E-state index contributed by atoms with van der Waals surface area (Å²) in [5.41, 5.74) is 4.66. The second kappa shape index (κ2) is 8.39. The van der Waals surface area contributed by atoms with Gasteiger partial charge in [-0.05, 0) is 62.0 Å². The van der Waals surface area contributed by atoms with Crippen molar-refractivity contribution < 1.29 is 9.15 Å². The SMILES string of the molecule is COCCn1c(C)cc([C@H]2[C@@H](c3ccccn3)NC(=S)N2Cc2ccco2)c1C. The minimum absolute atomic E-state index is 0.0185. The zero-order valence-electron chi connectivity index (χ0n) is 17.0. The number of rotatable bonds is 7. The second-order valence-corrected chi connectivity index (χ2v) is 7.69. The van der Waals surface area contributed by atoms with E-state index in [2.05, 4.69) is 39.7 Å². The monoisotopic (exact) mass is 410 g/mol. The zero-order chi connectivity index (χ0) is 20.4. The third-order valence-corrected chi connectivity index (χ3v) is 5.91. The Labute approximate surface area is 176 Å². The van der Waals surface area contributed by atoms with Crippen molar-refractivity contribution in [1.29, 1.82) is 0 Å². The summed E-state index contributed by atoms with van der Waals surface area (Å²) in [6.45, 7) is 6.41. The Morgan fingerprint density at radius 3 is 2.79 bits per heavy atom. The highest BCUT2D eigenvalue weighted by Gasteiger charge is 2.41. The molecule has 1 aliphatic rings. The molecule has 0 bridgehead atoms. The number of hydrogen-bond donors (Lipinski definition) is 1. The van der Waals surface area contributed by atoms with Crippen molar-refractivity contribution in [2.75, 3.05) is 13.7 Å². The van der Waals surface area contributed by atoms with Crippen LogP contribution in [-0.4, -0.2) is 33.3 Å². The van der Waals surface area contributed by atoms with Crippen molar-refractivity contribution >= 4 is 17.3 Å². The van der Waals surface area contributed by atoms with Gasteiger partial charge in [-0.2, -0.15) is 0 Å². The van der Waals surface area contributed by atoms with Gasteiger partial charge in [0.2, 0.25) is 0 Å². The fourth-order valence-electron chi connectivity index (χ4n) is 4.14. The van der Waals surface area contributed by atoms with Gasteiger partial charge in [-0.3, -0.25) is 4.98 Å². The van der Waals surface area contributed by atoms with Crippen molar-refractivity contribution in [3.63, 3.8) is 0 Å². The van der Waals surface area contributed by atoms with Gasteiger partial charge in [0, 0.05) is 31.2 Å². The Morgan fingerprint density at radius 1 is 1.24 bits per heavy atom. The summed E-state index contributed by atoms with van der Waals surface area (Å²) in [4.78, 5) is 6.82. The third kappa shape index (κ3) is 3.80. The number of methoxy groups -OCH3 is 1. The van der Waals surface area contributed by atoms with Crippen LogP contribution in [0.25, 0.3) is 0 Å². The van der Waals surface area contributed by atoms with Crippen LogP contribution in [0.15, 0.2) is 53.3 Å². The molecule has 4 rings (SSSR count). The van der Waals surface area contributed by atoms with E-state index in [1.807, 2.05) is 36.5 Å². The molecule has 1 saturated heterocycles. The normalized spacial score (nSPS) is 19.0. The van der Waals surface area contributed by atoms with Gasteiger partial charge >= 0.3 is 0 Å². The molecule has 0 unspecified atom stereocenters. The molecule has 1 aliphatic heterocycles. The van der Waals surface area contributed by atoms with E-state index in [9.17, 15) is 0 Å². The van der Waals surface area contributed by atoms with E-state index in [0.29, 0.717) is 18.3 Å². The number of pyridine rings is 1. The summed E-state index contributed by atoms with van der Waals surface area (Å²) in [7, 11) is 1.73. The molecule has 29 heavy (non-hydrogen) atoms. The maximum Gasteiger partial charge on any atom is 0.170 e. The number of nitrogens with zero attached hydrogens (tertiary/aromatic N) is 3. The molecule has 0 radical (unpaired) electrons. The first-order valence-electron chi connectivity index (χ1n) is 9.76. The molecule has 4 heterocycles. The summed E-state index contributed by atoms with van der Waals surface area (Å²) < 4.78 is 13.2. The lowest BCUT2D eigenvalue weighted by Gasteiger charge is -2.27. The van der Waals surface area contributed by atoms with Crippen molar-refractivity contribution in [3.05, 3.63) is 77.3 Å². The molecule has 0 aliphatic carbocycles. The topological polar surface area (TPSA) is 55.5 Å². The van der Waals surface area contributed by atoms with Gasteiger partial charge in [-0.1, -0.05) is 6.07 Å². The molecule has 0 aromatic carbocycles. The maximum absolute atomic E-state index is 5.74. The van der Waals surface area contributed by atoms with Crippen LogP contribution in [0.5, 0.6) is 0 Å². The fourth-order valence-corrected chi connectivity index (χ4v) is 4.44. The fraction of sp³-hybridized carbons (Fsp3) is 0.364. The molecule has 7 heteroatoms. The van der Waals surface area contributed by atoms with E-state index >= 15 is 0 Å². The summed E-state index contributed by atoms with van der Waals surface area (Å²) in [6, 6.07) is 12.1. The van der Waals surface area contributed by atoms with Gasteiger partial charge in [0.05, 0.1) is 37.2 Å². The molecule has 6 nitrogen and oxygen atoms in total. The van der Waals surface area contributed by atoms with Crippen molar-refractivity contribution in [2.45, 2.75) is 39.0 Å². The first-order valence-corrected chi connectivity index (χ1v) is 10.2. The number of hydrogen-bond acceptors (Lipinski definition) is 4. The molecule has 1 N–H and O–H groups in total. The summed E-state index contributed by atoms with van der Waals surface area (Å²) in [5, 5.41) is 4.21. The van der Waals surface area contributed by atoms with E-state index in [1.165, 1.54) is 17.0 Å². The van der Waals surface area contributed by atoms with Crippen LogP contribution in [0.3, 0.4) is 0 Å². The number of furan rings is 1. The Morgan fingerprint density at radius 2 is 2.10 bits per heavy atom. The Balaban J connectivity index is 1.76. The summed E-state index contributed by atoms with van der Waals surface area (Å²) in [5.74, 6) is 0.883. The number of aromatic nitrogens is 2. The number of thiocarbonyl (C=S) groups is 1. The molecular weight excluding hydrogens is 384 g/mol. The van der Waals surface area contributed by atoms with E-state index in [1.54, 1.807) is 13.4 Å². The Hall–Kier alpha value is -2.64. The standard InChI is InChI=1S/C22H26N4O2S/c1-15-13-18(16(2)25(15)10-12-27-3)21-20(19-8-4-5-9-23-19)24-22(29)26(21)14-17-7-6-11-28-17/h4-9,11,13,20-21H,10,12,14H2,1-3H3,(H,24,29)/t20-,21+/m1/s1. The third-order valence-electron chi connectivity index (χ3n) is 5.55. The zero-order valence-corrected chi connectivity index (χ0v) is 17.8.